The number of hydrogen-bond acceptors (Lipinski definition) is 11. The third kappa shape index (κ3) is 3.12. The first kappa shape index (κ1) is 24.9. The molecule has 0 unspecified atom stereocenters. The van der Waals surface area contributed by atoms with Crippen LogP contribution in [0.1, 0.15) is 43.7 Å². The van der Waals surface area contributed by atoms with Gasteiger partial charge in [-0.2, -0.15) is 0 Å². The maximum Gasteiger partial charge on any atom is 0.311 e. The number of esters is 1. The molecule has 0 radical (unpaired) electrons. The van der Waals surface area contributed by atoms with Crippen molar-refractivity contribution in [3.05, 3.63) is 50.3 Å². The summed E-state index contributed by atoms with van der Waals surface area (Å²) in [5, 5.41) is 55.3. The van der Waals surface area contributed by atoms with Gasteiger partial charge in [0.2, 0.25) is 11.5 Å². The molecule has 0 spiro atoms. The van der Waals surface area contributed by atoms with Crippen molar-refractivity contribution in [3.8, 4) is 5.75 Å². The number of nitrogens with zero attached hydrogens (tertiary/aromatic N) is 1. The Kier molecular flexibility index (Phi) is 5.63. The zero-order chi connectivity index (χ0) is 26.9. The minimum absolute atomic E-state index is 0.131. The van der Waals surface area contributed by atoms with Crippen molar-refractivity contribution in [2.75, 3.05) is 0 Å². The van der Waals surface area contributed by atoms with Crippen molar-refractivity contribution in [1.82, 2.24) is 0 Å². The molecule has 4 rings (SSSR count). The zero-order valence-corrected chi connectivity index (χ0v) is 19.0. The lowest BCUT2D eigenvalue weighted by Gasteiger charge is -2.51. The number of nitro benzene ring substituents is 1. The number of carbonyl (C=O) groups excluding carboxylic acids is 4. The second kappa shape index (κ2) is 8.16. The molecule has 6 N–H and O–H groups in total. The predicted molar refractivity (Wildman–Crippen MR) is 118 cm³/mol. The molecule has 1 aromatic carbocycles. The fraction of sp³-hybridized carbons (Fsp3) is 0.391. The van der Waals surface area contributed by atoms with Crippen LogP contribution in [0.4, 0.5) is 5.69 Å². The molecular weight excluding hydrogens is 480 g/mol. The van der Waals surface area contributed by atoms with E-state index in [0.29, 0.717) is 0 Å². The number of rotatable bonds is 4. The smallest absolute Gasteiger partial charge is 0.311 e. The number of amides is 1. The first-order valence-corrected chi connectivity index (χ1v) is 11.0. The first-order chi connectivity index (χ1) is 16.8. The Morgan fingerprint density at radius 3 is 2.44 bits per heavy atom. The van der Waals surface area contributed by atoms with E-state index in [0.717, 1.165) is 6.07 Å². The molecule has 13 heteroatoms. The molecule has 1 aromatic rings. The van der Waals surface area contributed by atoms with Crippen LogP contribution in [0.5, 0.6) is 5.75 Å². The highest BCUT2D eigenvalue weighted by Crippen LogP contribution is 2.57. The summed E-state index contributed by atoms with van der Waals surface area (Å²) in [6.45, 7) is 3.02. The Labute approximate surface area is 202 Å². The largest absolute Gasteiger partial charge is 0.508 e. The summed E-state index contributed by atoms with van der Waals surface area (Å²) in [7, 11) is 0. The molecule has 3 aliphatic carbocycles. The summed E-state index contributed by atoms with van der Waals surface area (Å²) in [5.41, 5.74) is -0.445. The number of phenols is 1. The average Bonchev–Trinajstić information content (AvgIpc) is 2.80. The van der Waals surface area contributed by atoms with Crippen molar-refractivity contribution in [3.63, 3.8) is 0 Å². The van der Waals surface area contributed by atoms with E-state index in [1.807, 2.05) is 0 Å². The van der Waals surface area contributed by atoms with Crippen LogP contribution in [0.3, 0.4) is 0 Å². The van der Waals surface area contributed by atoms with Gasteiger partial charge in [-0.05, 0) is 11.5 Å². The molecule has 0 saturated heterocycles. The van der Waals surface area contributed by atoms with Crippen molar-refractivity contribution >= 4 is 34.9 Å². The molecule has 1 saturated carbocycles. The van der Waals surface area contributed by atoms with Crippen LogP contribution >= 0.6 is 0 Å². The third-order valence-electron chi connectivity index (χ3n) is 7.20. The summed E-state index contributed by atoms with van der Waals surface area (Å²) in [6, 6.07) is 2.28. The number of ketones is 2. The molecule has 190 valence electrons. The molecule has 1 amide bonds. The van der Waals surface area contributed by atoms with Gasteiger partial charge in [-0.25, -0.2) is 0 Å². The maximum absolute atomic E-state index is 13.7. The number of ether oxygens (including phenoxy) is 1. The molecule has 1 fully saturated rings. The molecule has 0 bridgehead atoms. The van der Waals surface area contributed by atoms with E-state index < -0.39 is 104 Å². The second-order valence-corrected chi connectivity index (χ2v) is 8.96. The van der Waals surface area contributed by atoms with E-state index in [1.165, 1.54) is 13.0 Å². The normalized spacial score (nSPS) is 29.3. The van der Waals surface area contributed by atoms with E-state index >= 15 is 0 Å². The highest BCUT2D eigenvalue weighted by Gasteiger charge is 2.66. The maximum atomic E-state index is 13.7. The van der Waals surface area contributed by atoms with E-state index in [-0.39, 0.29) is 12.0 Å². The van der Waals surface area contributed by atoms with Crippen LogP contribution in [-0.2, 0) is 23.9 Å². The van der Waals surface area contributed by atoms with E-state index in [2.05, 4.69) is 0 Å². The summed E-state index contributed by atoms with van der Waals surface area (Å²) < 4.78 is 5.54. The van der Waals surface area contributed by atoms with Crippen LogP contribution in [0.15, 0.2) is 29.0 Å². The van der Waals surface area contributed by atoms with Gasteiger partial charge in [-0.15, -0.1) is 0 Å². The summed E-state index contributed by atoms with van der Waals surface area (Å²) >= 11 is 0. The fourth-order valence-electron chi connectivity index (χ4n) is 5.49. The number of primary amides is 1. The quantitative estimate of drug-likeness (QED) is 0.167. The number of aromatic hydroxyl groups is 1. The molecular formula is C23H22N2O11. The SMILES string of the molecule is CCC(=O)O[C@H]1[C@H]2C(=C(O)c3c(ccc([N+](=O)[O-])c3O)[C@@H]2C)C(=O)[C@]2(O)C(O)=C(C(N)=O)C(=O)C[C@H]12. The molecule has 5 atom stereocenters. The molecule has 13 nitrogen and oxygen atoms in total. The lowest BCUT2D eigenvalue weighted by molar-refractivity contribution is -0.385. The first-order valence-electron chi connectivity index (χ1n) is 11.0. The number of fused-ring (bicyclic) bond motifs is 3. The number of benzene rings is 1. The highest BCUT2D eigenvalue weighted by atomic mass is 16.6. The van der Waals surface area contributed by atoms with Gasteiger partial charge in [-0.3, -0.25) is 29.3 Å². The van der Waals surface area contributed by atoms with Gasteiger partial charge < -0.3 is 30.9 Å². The second-order valence-electron chi connectivity index (χ2n) is 8.96. The number of Topliss-reactive ketones (excluding diaryl/α,β-unsaturated/α-hetero) is 2. The van der Waals surface area contributed by atoms with Crippen molar-refractivity contribution in [1.29, 1.82) is 0 Å². The molecule has 36 heavy (non-hydrogen) atoms. The number of hydrogen-bond donors (Lipinski definition) is 5. The number of aliphatic hydroxyl groups excluding tert-OH is 2. The van der Waals surface area contributed by atoms with E-state index in [1.54, 1.807) is 6.92 Å². The number of carbonyl (C=O) groups is 4. The Morgan fingerprint density at radius 2 is 1.89 bits per heavy atom. The van der Waals surface area contributed by atoms with Gasteiger partial charge in [0.15, 0.2) is 11.4 Å². The zero-order valence-electron chi connectivity index (χ0n) is 19.0. The fourth-order valence-corrected chi connectivity index (χ4v) is 5.49. The van der Waals surface area contributed by atoms with Crippen molar-refractivity contribution < 1.29 is 49.3 Å². The number of phenolic OH excluding ortho intramolecular Hbond substituents is 1. The Balaban J connectivity index is 2.06. The van der Waals surface area contributed by atoms with E-state index in [9.17, 15) is 49.7 Å². The van der Waals surface area contributed by atoms with Gasteiger partial charge in [-0.1, -0.05) is 19.9 Å². The molecule has 0 heterocycles. The average molecular weight is 502 g/mol. The Bertz CT molecular complexity index is 1330. The highest BCUT2D eigenvalue weighted by molar-refractivity contribution is 6.23. The molecule has 0 aromatic heterocycles. The number of nitro groups is 1. The topological polar surface area (TPSA) is 228 Å². The van der Waals surface area contributed by atoms with Gasteiger partial charge in [0.1, 0.15) is 23.2 Å². The van der Waals surface area contributed by atoms with Crippen LogP contribution in [-0.4, -0.2) is 60.5 Å². The Morgan fingerprint density at radius 1 is 1.25 bits per heavy atom. The summed E-state index contributed by atoms with van der Waals surface area (Å²) in [4.78, 5) is 61.0. The van der Waals surface area contributed by atoms with Crippen LogP contribution < -0.4 is 5.73 Å². The summed E-state index contributed by atoms with van der Waals surface area (Å²) in [5.74, 6) is -11.3. The van der Waals surface area contributed by atoms with Gasteiger partial charge >= 0.3 is 11.7 Å². The van der Waals surface area contributed by atoms with Crippen LogP contribution in [0.2, 0.25) is 0 Å². The van der Waals surface area contributed by atoms with Gasteiger partial charge in [0.05, 0.1) is 10.5 Å². The number of nitrogens with two attached hydrogens (primary N) is 1. The Hall–Kier alpha value is -4.26. The molecule has 0 aliphatic heterocycles. The standard InChI is InChI=1S/C23H22N2O11/c1-3-12(27)36-19-9-6-11(26)15(22(24)32)20(30)23(9,33)21(31)16-13(19)7(2)8-4-5-10(25(34)35)17(28)14(8)18(16)29/h4-5,7,9,13,19,28-30,33H,3,6H2,1-2H3,(H2,24,32)/t7-,9+,13+,19+,23+/m0/s1. The van der Waals surface area contributed by atoms with Crippen molar-refractivity contribution in [2.45, 2.75) is 44.3 Å². The minimum atomic E-state index is -3.00. The van der Waals surface area contributed by atoms with Crippen LogP contribution in [0.25, 0.3) is 5.76 Å². The van der Waals surface area contributed by atoms with Gasteiger partial charge in [0, 0.05) is 36.3 Å². The minimum Gasteiger partial charge on any atom is -0.508 e. The monoisotopic (exact) mass is 502 g/mol. The predicted octanol–water partition coefficient (Wildman–Crippen LogP) is 0.825. The lowest BCUT2D eigenvalue weighted by Crippen LogP contribution is -2.64. The third-order valence-corrected chi connectivity index (χ3v) is 7.20. The van der Waals surface area contributed by atoms with E-state index in [4.69, 9.17) is 10.5 Å². The van der Waals surface area contributed by atoms with Gasteiger partial charge in [0.25, 0.3) is 5.91 Å². The van der Waals surface area contributed by atoms with Crippen LogP contribution in [0, 0.1) is 22.0 Å². The lowest BCUT2D eigenvalue weighted by atomic mass is 9.55. The summed E-state index contributed by atoms with van der Waals surface area (Å²) in [6.07, 6.45) is -2.28. The van der Waals surface area contributed by atoms with Crippen molar-refractivity contribution in [2.24, 2.45) is 17.6 Å². The molecule has 3 aliphatic rings. The number of aliphatic hydroxyl groups is 3.